The number of benzene rings is 2. The molecular formula is C17H15NO3. The summed E-state index contributed by atoms with van der Waals surface area (Å²) in [5.41, 5.74) is 1.49. The maximum Gasteiger partial charge on any atom is 0.235 e. The summed E-state index contributed by atoms with van der Waals surface area (Å²) in [6.45, 7) is 1.70. The van der Waals surface area contributed by atoms with E-state index in [-0.39, 0.29) is 0 Å². The number of aliphatic imine (C=N–C) groups is 1. The summed E-state index contributed by atoms with van der Waals surface area (Å²) < 4.78 is 0. The van der Waals surface area contributed by atoms with E-state index in [1.54, 1.807) is 55.5 Å². The van der Waals surface area contributed by atoms with Gasteiger partial charge in [0.1, 0.15) is 6.10 Å². The maximum absolute atomic E-state index is 12.5. The number of nitrogens with zero attached hydrogens (tertiary/aromatic N) is 1. The summed E-state index contributed by atoms with van der Waals surface area (Å²) in [6.07, 6.45) is 0.258. The summed E-state index contributed by atoms with van der Waals surface area (Å²) in [7, 11) is 0. The minimum Gasteiger partial charge on any atom is -0.380 e. The number of aliphatic hydroxyl groups is 1. The van der Waals surface area contributed by atoms with Crippen molar-refractivity contribution < 1.29 is 14.7 Å². The van der Waals surface area contributed by atoms with Crippen LogP contribution in [0.2, 0.25) is 0 Å². The van der Waals surface area contributed by atoms with Crippen LogP contribution in [0.5, 0.6) is 0 Å². The highest BCUT2D eigenvalue weighted by Gasteiger charge is 2.23. The molecule has 2 aromatic rings. The Morgan fingerprint density at radius 2 is 1.71 bits per heavy atom. The van der Waals surface area contributed by atoms with Gasteiger partial charge in [0.05, 0.1) is 6.04 Å². The number of hydrogen-bond donors (Lipinski definition) is 1. The molecule has 0 saturated heterocycles. The van der Waals surface area contributed by atoms with Crippen LogP contribution in [-0.4, -0.2) is 17.0 Å². The smallest absolute Gasteiger partial charge is 0.235 e. The van der Waals surface area contributed by atoms with Crippen molar-refractivity contribution in [3.8, 4) is 0 Å². The molecule has 0 aliphatic rings. The van der Waals surface area contributed by atoms with Crippen molar-refractivity contribution in [2.45, 2.75) is 19.1 Å². The standard InChI is InChI=1S/C17H15NO3/c1-12(18-11-19)14-9-5-6-10-15(14)17(21)16(20)13-7-3-2-4-8-13/h2-10,12,16,20H,1H3. The second-order valence-electron chi connectivity index (χ2n) is 4.66. The zero-order valence-electron chi connectivity index (χ0n) is 11.6. The Morgan fingerprint density at radius 1 is 1.10 bits per heavy atom. The van der Waals surface area contributed by atoms with Gasteiger partial charge < -0.3 is 5.11 Å². The molecule has 2 aromatic carbocycles. The third-order valence-electron chi connectivity index (χ3n) is 3.29. The average Bonchev–Trinajstić information content (AvgIpc) is 2.54. The fraction of sp³-hybridized carbons (Fsp3) is 0.176. The lowest BCUT2D eigenvalue weighted by Crippen LogP contribution is -2.15. The number of Topliss-reactive ketones (excluding diaryl/α,β-unsaturated/α-hetero) is 1. The number of aliphatic hydroxyl groups excluding tert-OH is 1. The van der Waals surface area contributed by atoms with Gasteiger partial charge in [0.15, 0.2) is 5.78 Å². The average molecular weight is 281 g/mol. The summed E-state index contributed by atoms with van der Waals surface area (Å²) in [5.74, 6) is -0.412. The van der Waals surface area contributed by atoms with Crippen molar-refractivity contribution in [2.75, 3.05) is 0 Å². The Hall–Kier alpha value is -2.55. The highest BCUT2D eigenvalue weighted by molar-refractivity contribution is 6.01. The minimum atomic E-state index is -1.24. The minimum absolute atomic E-state index is 0.361. The van der Waals surface area contributed by atoms with Crippen LogP contribution in [0.1, 0.15) is 40.6 Å². The van der Waals surface area contributed by atoms with E-state index in [1.165, 1.54) is 6.08 Å². The molecule has 1 N–H and O–H groups in total. The predicted octanol–water partition coefficient (Wildman–Crippen LogP) is 3.00. The van der Waals surface area contributed by atoms with E-state index in [9.17, 15) is 14.7 Å². The van der Waals surface area contributed by atoms with E-state index in [4.69, 9.17) is 0 Å². The molecule has 0 aromatic heterocycles. The maximum atomic E-state index is 12.5. The van der Waals surface area contributed by atoms with Gasteiger partial charge in [-0.2, -0.15) is 4.99 Å². The summed E-state index contributed by atoms with van der Waals surface area (Å²) in [4.78, 5) is 26.5. The first-order chi connectivity index (χ1) is 10.1. The van der Waals surface area contributed by atoms with Gasteiger partial charge in [0.2, 0.25) is 6.08 Å². The molecule has 106 valence electrons. The lowest BCUT2D eigenvalue weighted by Gasteiger charge is -2.14. The number of carbonyl (C=O) groups excluding carboxylic acids is 2. The topological polar surface area (TPSA) is 66.7 Å². The van der Waals surface area contributed by atoms with Crippen LogP contribution in [0.15, 0.2) is 59.6 Å². The van der Waals surface area contributed by atoms with Crippen molar-refractivity contribution >= 4 is 11.9 Å². The largest absolute Gasteiger partial charge is 0.380 e. The van der Waals surface area contributed by atoms with Crippen molar-refractivity contribution in [1.82, 2.24) is 0 Å². The van der Waals surface area contributed by atoms with Crippen molar-refractivity contribution in [1.29, 1.82) is 0 Å². The monoisotopic (exact) mass is 281 g/mol. The Labute approximate surface area is 122 Å². The van der Waals surface area contributed by atoms with Gasteiger partial charge in [-0.3, -0.25) is 4.79 Å². The molecule has 0 amide bonds. The number of isocyanates is 1. The van der Waals surface area contributed by atoms with Crippen LogP contribution in [0, 0.1) is 0 Å². The molecule has 0 radical (unpaired) electrons. The Bertz CT molecular complexity index is 675. The molecule has 0 fully saturated rings. The number of hydrogen-bond acceptors (Lipinski definition) is 4. The third-order valence-corrected chi connectivity index (χ3v) is 3.29. The molecule has 0 aliphatic heterocycles. The molecule has 0 spiro atoms. The molecule has 2 atom stereocenters. The Balaban J connectivity index is 2.38. The van der Waals surface area contributed by atoms with E-state index in [0.29, 0.717) is 16.7 Å². The highest BCUT2D eigenvalue weighted by atomic mass is 16.3. The van der Waals surface area contributed by atoms with Crippen LogP contribution in [0.25, 0.3) is 0 Å². The number of carbonyl (C=O) groups is 1. The fourth-order valence-corrected chi connectivity index (χ4v) is 2.17. The molecule has 0 aliphatic carbocycles. The van der Waals surface area contributed by atoms with Crippen LogP contribution < -0.4 is 0 Å². The second-order valence-corrected chi connectivity index (χ2v) is 4.66. The molecule has 4 nitrogen and oxygen atoms in total. The van der Waals surface area contributed by atoms with Gasteiger partial charge in [0, 0.05) is 5.56 Å². The SMILES string of the molecule is CC(N=C=O)c1ccccc1C(=O)C(O)c1ccccc1. The fourth-order valence-electron chi connectivity index (χ4n) is 2.17. The zero-order valence-corrected chi connectivity index (χ0v) is 11.6. The lowest BCUT2D eigenvalue weighted by atomic mass is 9.93. The van der Waals surface area contributed by atoms with Gasteiger partial charge in [-0.25, -0.2) is 4.79 Å². The van der Waals surface area contributed by atoms with Gasteiger partial charge in [-0.1, -0.05) is 54.6 Å². The first-order valence-electron chi connectivity index (χ1n) is 6.58. The van der Waals surface area contributed by atoms with Gasteiger partial charge in [0.25, 0.3) is 0 Å². The van der Waals surface area contributed by atoms with Gasteiger partial charge in [-0.15, -0.1) is 0 Å². The molecule has 4 heteroatoms. The molecule has 2 unspecified atom stereocenters. The summed E-state index contributed by atoms with van der Waals surface area (Å²) in [5, 5.41) is 10.2. The van der Waals surface area contributed by atoms with E-state index >= 15 is 0 Å². The molecule has 0 bridgehead atoms. The Kier molecular flexibility index (Phi) is 4.77. The normalized spacial score (nSPS) is 13.0. The third kappa shape index (κ3) is 3.31. The second kappa shape index (κ2) is 6.75. The highest BCUT2D eigenvalue weighted by Crippen LogP contribution is 2.25. The molecule has 0 saturated carbocycles. The quantitative estimate of drug-likeness (QED) is 0.520. The van der Waals surface area contributed by atoms with Crippen molar-refractivity contribution in [3.05, 3.63) is 71.3 Å². The van der Waals surface area contributed by atoms with E-state index in [1.807, 2.05) is 6.07 Å². The Morgan fingerprint density at radius 3 is 2.38 bits per heavy atom. The molecule has 0 heterocycles. The zero-order chi connectivity index (χ0) is 15.2. The van der Waals surface area contributed by atoms with E-state index in [0.717, 1.165) is 0 Å². The van der Waals surface area contributed by atoms with E-state index in [2.05, 4.69) is 4.99 Å². The van der Waals surface area contributed by atoms with Crippen LogP contribution in [-0.2, 0) is 4.79 Å². The predicted molar refractivity (Wildman–Crippen MR) is 78.7 cm³/mol. The summed E-state index contributed by atoms with van der Waals surface area (Å²) in [6, 6.07) is 15.1. The number of rotatable bonds is 5. The van der Waals surface area contributed by atoms with E-state index < -0.39 is 17.9 Å². The molecular weight excluding hydrogens is 266 g/mol. The lowest BCUT2D eigenvalue weighted by molar-refractivity contribution is 0.0746. The number of ketones is 1. The first-order valence-corrected chi connectivity index (χ1v) is 6.58. The first kappa shape index (κ1) is 14.9. The van der Waals surface area contributed by atoms with Gasteiger partial charge >= 0.3 is 0 Å². The van der Waals surface area contributed by atoms with Crippen LogP contribution in [0.3, 0.4) is 0 Å². The van der Waals surface area contributed by atoms with Crippen LogP contribution >= 0.6 is 0 Å². The van der Waals surface area contributed by atoms with Crippen LogP contribution in [0.4, 0.5) is 0 Å². The van der Waals surface area contributed by atoms with Gasteiger partial charge in [-0.05, 0) is 18.1 Å². The summed E-state index contributed by atoms with van der Waals surface area (Å²) >= 11 is 0. The van der Waals surface area contributed by atoms with Crippen molar-refractivity contribution in [3.63, 3.8) is 0 Å². The molecule has 2 rings (SSSR count). The van der Waals surface area contributed by atoms with Crippen molar-refractivity contribution in [2.24, 2.45) is 4.99 Å². The molecule has 21 heavy (non-hydrogen) atoms.